The van der Waals surface area contributed by atoms with E-state index in [1.807, 2.05) is 18.2 Å². The summed E-state index contributed by atoms with van der Waals surface area (Å²) in [6, 6.07) is 9.96. The monoisotopic (exact) mass is 291 g/mol. The molecular weight excluding hydrogens is 270 g/mol. The molecule has 0 saturated carbocycles. The van der Waals surface area contributed by atoms with Crippen LogP contribution >= 0.6 is 0 Å². The first kappa shape index (κ1) is 15.9. The molecule has 0 atom stereocenters. The zero-order chi connectivity index (χ0) is 16.3. The number of hydrogen-bond donors (Lipinski definition) is 0. The van der Waals surface area contributed by atoms with Crippen LogP contribution in [0.1, 0.15) is 45.2 Å². The first-order valence-electron chi connectivity index (χ1n) is 7.56. The zero-order valence-electron chi connectivity index (χ0n) is 13.6. The van der Waals surface area contributed by atoms with Crippen LogP contribution in [0, 0.1) is 22.7 Å². The van der Waals surface area contributed by atoms with Gasteiger partial charge in [0.1, 0.15) is 17.7 Å². The maximum Gasteiger partial charge on any atom is 0.130 e. The van der Waals surface area contributed by atoms with Gasteiger partial charge in [0.05, 0.1) is 5.54 Å². The van der Waals surface area contributed by atoms with Crippen molar-refractivity contribution in [2.24, 2.45) is 0 Å². The molecule has 3 nitrogen and oxygen atoms in total. The fourth-order valence-electron chi connectivity index (χ4n) is 3.08. The molecule has 0 aliphatic carbocycles. The Labute approximate surface area is 132 Å². The fraction of sp³-hybridized carbons (Fsp3) is 0.368. The van der Waals surface area contributed by atoms with Gasteiger partial charge in [0.25, 0.3) is 0 Å². The molecule has 1 heterocycles. The summed E-state index contributed by atoms with van der Waals surface area (Å²) in [5.41, 5.74) is 4.65. The van der Waals surface area contributed by atoms with Crippen LogP contribution in [-0.4, -0.2) is 12.1 Å². The molecule has 0 bridgehead atoms. The predicted octanol–water partition coefficient (Wildman–Crippen LogP) is 4.53. The highest BCUT2D eigenvalue weighted by atomic mass is 15.2. The lowest BCUT2D eigenvalue weighted by Crippen LogP contribution is -2.45. The topological polar surface area (TPSA) is 50.8 Å². The lowest BCUT2D eigenvalue weighted by molar-refractivity contribution is 0.550. The molecule has 0 spiro atoms. The molecule has 2 rings (SSSR count). The number of nitriles is 2. The second-order valence-corrected chi connectivity index (χ2v) is 6.19. The Bertz CT molecular complexity index is 708. The van der Waals surface area contributed by atoms with Gasteiger partial charge in [0, 0.05) is 17.8 Å². The maximum atomic E-state index is 8.90. The lowest BCUT2D eigenvalue weighted by Gasteiger charge is -2.43. The Balaban J connectivity index is 2.55. The number of hydrogen-bond acceptors (Lipinski definition) is 3. The van der Waals surface area contributed by atoms with Crippen LogP contribution in [0.4, 0.5) is 5.69 Å². The van der Waals surface area contributed by atoms with Crippen molar-refractivity contribution in [3.05, 3.63) is 41.0 Å². The highest BCUT2D eigenvalue weighted by Crippen LogP contribution is 2.39. The van der Waals surface area contributed by atoms with Crippen molar-refractivity contribution < 1.29 is 0 Å². The molecule has 112 valence electrons. The van der Waals surface area contributed by atoms with Crippen molar-refractivity contribution in [2.45, 2.75) is 39.7 Å². The van der Waals surface area contributed by atoms with Crippen molar-refractivity contribution in [1.29, 1.82) is 10.5 Å². The van der Waals surface area contributed by atoms with Crippen LogP contribution in [0.2, 0.25) is 0 Å². The highest BCUT2D eigenvalue weighted by Gasteiger charge is 2.30. The van der Waals surface area contributed by atoms with E-state index in [0.29, 0.717) is 0 Å². The third-order valence-electron chi connectivity index (χ3n) is 4.00. The van der Waals surface area contributed by atoms with E-state index in [4.69, 9.17) is 10.5 Å². The van der Waals surface area contributed by atoms with Crippen LogP contribution in [0.5, 0.6) is 0 Å². The normalized spacial score (nSPS) is 15.2. The SMILES string of the molecule is CCCN1c2ccc(C=C(C#N)C#N)cc2C(C)=CC1(C)C. The number of nitrogens with zero attached hydrogens (tertiary/aromatic N) is 3. The van der Waals surface area contributed by atoms with E-state index in [0.717, 1.165) is 18.5 Å². The third kappa shape index (κ3) is 2.90. The molecule has 0 radical (unpaired) electrons. The quantitative estimate of drug-likeness (QED) is 0.769. The Kier molecular flexibility index (Phi) is 4.38. The smallest absolute Gasteiger partial charge is 0.130 e. The number of anilines is 1. The van der Waals surface area contributed by atoms with E-state index in [2.05, 4.69) is 50.8 Å². The van der Waals surface area contributed by atoms with Crippen LogP contribution in [0.15, 0.2) is 29.8 Å². The summed E-state index contributed by atoms with van der Waals surface area (Å²) in [7, 11) is 0. The van der Waals surface area contributed by atoms with Gasteiger partial charge in [0.2, 0.25) is 0 Å². The number of fused-ring (bicyclic) bond motifs is 1. The van der Waals surface area contributed by atoms with Gasteiger partial charge in [-0.25, -0.2) is 0 Å². The van der Waals surface area contributed by atoms with Gasteiger partial charge < -0.3 is 4.90 Å². The first-order chi connectivity index (χ1) is 10.4. The molecule has 0 N–H and O–H groups in total. The minimum Gasteiger partial charge on any atom is -0.362 e. The molecule has 3 heteroatoms. The minimum atomic E-state index is -0.00504. The molecule has 22 heavy (non-hydrogen) atoms. The Morgan fingerprint density at radius 3 is 2.55 bits per heavy atom. The van der Waals surface area contributed by atoms with E-state index >= 15 is 0 Å². The van der Waals surface area contributed by atoms with Gasteiger partial charge >= 0.3 is 0 Å². The summed E-state index contributed by atoms with van der Waals surface area (Å²) < 4.78 is 0. The van der Waals surface area contributed by atoms with E-state index in [1.165, 1.54) is 16.8 Å². The molecule has 0 saturated heterocycles. The molecule has 1 aromatic carbocycles. The average Bonchev–Trinajstić information content (AvgIpc) is 2.48. The van der Waals surface area contributed by atoms with Gasteiger partial charge in [-0.05, 0) is 56.5 Å². The minimum absolute atomic E-state index is 0.00504. The summed E-state index contributed by atoms with van der Waals surface area (Å²) in [4.78, 5) is 2.42. The molecule has 1 aliphatic rings. The highest BCUT2D eigenvalue weighted by molar-refractivity contribution is 5.83. The number of rotatable bonds is 3. The molecule has 0 fully saturated rings. The zero-order valence-corrected chi connectivity index (χ0v) is 13.6. The second kappa shape index (κ2) is 6.08. The van der Waals surface area contributed by atoms with Crippen molar-refractivity contribution in [2.75, 3.05) is 11.4 Å². The lowest BCUT2D eigenvalue weighted by atomic mass is 9.87. The first-order valence-corrected chi connectivity index (χ1v) is 7.56. The largest absolute Gasteiger partial charge is 0.362 e. The van der Waals surface area contributed by atoms with Crippen LogP contribution in [0.3, 0.4) is 0 Å². The predicted molar refractivity (Wildman–Crippen MR) is 91.0 cm³/mol. The second-order valence-electron chi connectivity index (χ2n) is 6.19. The van der Waals surface area contributed by atoms with Crippen LogP contribution < -0.4 is 4.90 Å². The third-order valence-corrected chi connectivity index (χ3v) is 4.00. The number of allylic oxidation sites excluding steroid dienone is 2. The average molecular weight is 291 g/mol. The van der Waals surface area contributed by atoms with E-state index in [9.17, 15) is 0 Å². The van der Waals surface area contributed by atoms with Gasteiger partial charge in [-0.2, -0.15) is 10.5 Å². The maximum absolute atomic E-state index is 8.90. The fourth-order valence-corrected chi connectivity index (χ4v) is 3.08. The van der Waals surface area contributed by atoms with Crippen LogP contribution in [0.25, 0.3) is 11.6 Å². The molecule has 1 aromatic rings. The van der Waals surface area contributed by atoms with E-state index in [1.54, 1.807) is 6.08 Å². The molecular formula is C19H21N3. The van der Waals surface area contributed by atoms with Gasteiger partial charge in [0.15, 0.2) is 0 Å². The molecule has 0 amide bonds. The summed E-state index contributed by atoms with van der Waals surface area (Å²) in [5.74, 6) is 0. The summed E-state index contributed by atoms with van der Waals surface area (Å²) in [6.07, 6.45) is 5.01. The molecule has 0 aromatic heterocycles. The Hall–Kier alpha value is -2.52. The van der Waals surface area contributed by atoms with Crippen molar-refractivity contribution in [3.63, 3.8) is 0 Å². The molecule has 1 aliphatic heterocycles. The summed E-state index contributed by atoms with van der Waals surface area (Å²) in [6.45, 7) is 9.76. The summed E-state index contributed by atoms with van der Waals surface area (Å²) >= 11 is 0. The van der Waals surface area contributed by atoms with Gasteiger partial charge in [-0.1, -0.05) is 19.1 Å². The van der Waals surface area contributed by atoms with Gasteiger partial charge in [-0.15, -0.1) is 0 Å². The van der Waals surface area contributed by atoms with Crippen LogP contribution in [-0.2, 0) is 0 Å². The standard InChI is InChI=1S/C19H21N3/c1-5-8-22-18-7-6-15(9-16(12-20)13-21)10-17(18)14(2)11-19(22,3)4/h6-7,9-11H,5,8H2,1-4H3. The van der Waals surface area contributed by atoms with E-state index in [-0.39, 0.29) is 11.1 Å². The van der Waals surface area contributed by atoms with Gasteiger partial charge in [-0.3, -0.25) is 0 Å². The van der Waals surface area contributed by atoms with E-state index < -0.39 is 0 Å². The van der Waals surface area contributed by atoms with Crippen molar-refractivity contribution in [3.8, 4) is 12.1 Å². The van der Waals surface area contributed by atoms with Crippen molar-refractivity contribution in [1.82, 2.24) is 0 Å². The number of benzene rings is 1. The Morgan fingerprint density at radius 1 is 1.27 bits per heavy atom. The Morgan fingerprint density at radius 2 is 1.95 bits per heavy atom. The van der Waals surface area contributed by atoms with Crippen molar-refractivity contribution >= 4 is 17.3 Å². The molecule has 0 unspecified atom stereocenters. The summed E-state index contributed by atoms with van der Waals surface area (Å²) in [5, 5.41) is 17.8.